The maximum absolute atomic E-state index is 12.2. The van der Waals surface area contributed by atoms with Gasteiger partial charge < -0.3 is 24.8 Å². The van der Waals surface area contributed by atoms with Crippen molar-refractivity contribution in [2.75, 3.05) is 25.6 Å². The number of rotatable bonds is 9. The predicted octanol–water partition coefficient (Wildman–Crippen LogP) is 3.75. The van der Waals surface area contributed by atoms with Crippen molar-refractivity contribution in [3.8, 4) is 11.6 Å². The summed E-state index contributed by atoms with van der Waals surface area (Å²) in [6, 6.07) is 11.0. The SMILES string of the molecule is COCCOc1ccc(NC(=O)NCc2ccccc2OC2CCCC2)cn1. The molecule has 0 aliphatic heterocycles. The molecule has 7 heteroatoms. The number of carbonyl (C=O) groups excluding carboxylic acids is 1. The molecule has 1 aliphatic rings. The fraction of sp³-hybridized carbons (Fsp3) is 0.429. The Morgan fingerprint density at radius 2 is 1.96 bits per heavy atom. The van der Waals surface area contributed by atoms with Gasteiger partial charge in [0.25, 0.3) is 0 Å². The number of nitrogens with one attached hydrogen (secondary N) is 2. The average Bonchev–Trinajstić information content (AvgIpc) is 3.22. The third kappa shape index (κ3) is 6.13. The fourth-order valence-corrected chi connectivity index (χ4v) is 3.07. The summed E-state index contributed by atoms with van der Waals surface area (Å²) in [5.41, 5.74) is 1.55. The Morgan fingerprint density at radius 3 is 2.71 bits per heavy atom. The number of hydrogen-bond acceptors (Lipinski definition) is 5. The molecule has 0 saturated heterocycles. The first-order chi connectivity index (χ1) is 13.7. The zero-order valence-corrected chi connectivity index (χ0v) is 16.1. The third-order valence-corrected chi connectivity index (χ3v) is 4.54. The fourth-order valence-electron chi connectivity index (χ4n) is 3.07. The molecule has 0 spiro atoms. The minimum absolute atomic E-state index is 0.283. The number of anilines is 1. The van der Waals surface area contributed by atoms with E-state index in [1.54, 1.807) is 25.4 Å². The maximum atomic E-state index is 12.2. The van der Waals surface area contributed by atoms with Gasteiger partial charge >= 0.3 is 6.03 Å². The predicted molar refractivity (Wildman–Crippen MR) is 107 cm³/mol. The number of ether oxygens (including phenoxy) is 3. The van der Waals surface area contributed by atoms with E-state index in [1.807, 2.05) is 24.3 Å². The minimum Gasteiger partial charge on any atom is -0.490 e. The molecule has 0 bridgehead atoms. The van der Waals surface area contributed by atoms with Gasteiger partial charge in [-0.3, -0.25) is 0 Å². The number of pyridine rings is 1. The number of amides is 2. The topological polar surface area (TPSA) is 81.7 Å². The molecule has 1 fully saturated rings. The van der Waals surface area contributed by atoms with Gasteiger partial charge in [0, 0.05) is 25.3 Å². The molecular formula is C21H27N3O4. The summed E-state index contributed by atoms with van der Waals surface area (Å²) in [7, 11) is 1.61. The van der Waals surface area contributed by atoms with E-state index in [-0.39, 0.29) is 12.1 Å². The molecule has 2 N–H and O–H groups in total. The third-order valence-electron chi connectivity index (χ3n) is 4.54. The lowest BCUT2D eigenvalue weighted by molar-refractivity contribution is 0.144. The normalized spacial score (nSPS) is 13.9. The van der Waals surface area contributed by atoms with E-state index in [9.17, 15) is 4.79 Å². The standard InChI is InChI=1S/C21H27N3O4/c1-26-12-13-27-20-11-10-17(15-22-20)24-21(25)23-14-16-6-2-5-9-19(16)28-18-7-3-4-8-18/h2,5-6,9-11,15,18H,3-4,7-8,12-14H2,1H3,(H2,23,24,25). The largest absolute Gasteiger partial charge is 0.490 e. The highest BCUT2D eigenvalue weighted by Gasteiger charge is 2.17. The van der Waals surface area contributed by atoms with Crippen LogP contribution in [0.1, 0.15) is 31.2 Å². The minimum atomic E-state index is -0.300. The Morgan fingerprint density at radius 1 is 1.14 bits per heavy atom. The number of para-hydroxylation sites is 1. The number of aromatic nitrogens is 1. The number of nitrogens with zero attached hydrogens (tertiary/aromatic N) is 1. The monoisotopic (exact) mass is 385 g/mol. The van der Waals surface area contributed by atoms with Crippen molar-refractivity contribution in [2.45, 2.75) is 38.3 Å². The Hall–Kier alpha value is -2.80. The van der Waals surface area contributed by atoms with Crippen LogP contribution in [0.25, 0.3) is 0 Å². The van der Waals surface area contributed by atoms with E-state index in [4.69, 9.17) is 14.2 Å². The van der Waals surface area contributed by atoms with E-state index in [0.29, 0.717) is 31.3 Å². The molecule has 2 aromatic rings. The van der Waals surface area contributed by atoms with Crippen LogP contribution in [0, 0.1) is 0 Å². The summed E-state index contributed by atoms with van der Waals surface area (Å²) >= 11 is 0. The van der Waals surface area contributed by atoms with Gasteiger partial charge in [0.15, 0.2) is 0 Å². The smallest absolute Gasteiger partial charge is 0.319 e. The summed E-state index contributed by atoms with van der Waals surface area (Å²) < 4.78 is 16.4. The molecule has 0 radical (unpaired) electrons. The average molecular weight is 385 g/mol. The second-order valence-corrected chi connectivity index (χ2v) is 6.67. The maximum Gasteiger partial charge on any atom is 0.319 e. The summed E-state index contributed by atoms with van der Waals surface area (Å²) in [5.74, 6) is 1.33. The van der Waals surface area contributed by atoms with Crippen molar-refractivity contribution in [2.24, 2.45) is 0 Å². The van der Waals surface area contributed by atoms with Crippen molar-refractivity contribution in [1.29, 1.82) is 0 Å². The quantitative estimate of drug-likeness (QED) is 0.643. The van der Waals surface area contributed by atoms with Crippen LogP contribution < -0.4 is 20.1 Å². The summed E-state index contributed by atoms with van der Waals surface area (Å²) in [5, 5.41) is 5.63. The van der Waals surface area contributed by atoms with Crippen LogP contribution >= 0.6 is 0 Å². The molecule has 1 heterocycles. The lowest BCUT2D eigenvalue weighted by Crippen LogP contribution is -2.28. The van der Waals surface area contributed by atoms with Gasteiger partial charge in [-0.15, -0.1) is 0 Å². The lowest BCUT2D eigenvalue weighted by atomic mass is 10.2. The first kappa shape index (κ1) is 19.9. The Labute approximate surface area is 165 Å². The van der Waals surface area contributed by atoms with Crippen molar-refractivity contribution in [3.05, 3.63) is 48.2 Å². The highest BCUT2D eigenvalue weighted by molar-refractivity contribution is 5.89. The second-order valence-electron chi connectivity index (χ2n) is 6.67. The molecule has 3 rings (SSSR count). The number of hydrogen-bond donors (Lipinski definition) is 2. The van der Waals surface area contributed by atoms with Gasteiger partial charge in [0.2, 0.25) is 5.88 Å². The molecule has 2 amide bonds. The summed E-state index contributed by atoms with van der Waals surface area (Å²) in [6.07, 6.45) is 6.47. The van der Waals surface area contributed by atoms with Crippen molar-refractivity contribution in [1.82, 2.24) is 10.3 Å². The van der Waals surface area contributed by atoms with Gasteiger partial charge in [-0.05, 0) is 37.8 Å². The van der Waals surface area contributed by atoms with E-state index in [0.717, 1.165) is 24.2 Å². The number of carbonyl (C=O) groups is 1. The van der Waals surface area contributed by atoms with Crippen LogP contribution in [0.15, 0.2) is 42.6 Å². The molecule has 1 aliphatic carbocycles. The van der Waals surface area contributed by atoms with Crippen molar-refractivity contribution in [3.63, 3.8) is 0 Å². The molecule has 1 aromatic heterocycles. The first-order valence-electron chi connectivity index (χ1n) is 9.62. The van der Waals surface area contributed by atoms with Crippen LogP contribution in [0.2, 0.25) is 0 Å². The van der Waals surface area contributed by atoms with Crippen molar-refractivity contribution < 1.29 is 19.0 Å². The molecular weight excluding hydrogens is 358 g/mol. The van der Waals surface area contributed by atoms with Gasteiger partial charge in [-0.1, -0.05) is 18.2 Å². The molecule has 0 unspecified atom stereocenters. The van der Waals surface area contributed by atoms with Gasteiger partial charge in [-0.2, -0.15) is 0 Å². The van der Waals surface area contributed by atoms with Gasteiger partial charge in [-0.25, -0.2) is 9.78 Å². The molecule has 150 valence electrons. The number of methoxy groups -OCH3 is 1. The first-order valence-corrected chi connectivity index (χ1v) is 9.62. The Bertz CT molecular complexity index is 746. The lowest BCUT2D eigenvalue weighted by Gasteiger charge is -2.17. The Balaban J connectivity index is 1.48. The van der Waals surface area contributed by atoms with E-state index in [1.165, 1.54) is 12.8 Å². The molecule has 1 aromatic carbocycles. The molecule has 0 atom stereocenters. The van der Waals surface area contributed by atoms with Gasteiger partial charge in [0.05, 0.1) is 24.6 Å². The number of benzene rings is 1. The van der Waals surface area contributed by atoms with Crippen LogP contribution in [-0.4, -0.2) is 37.4 Å². The van der Waals surface area contributed by atoms with Crippen molar-refractivity contribution >= 4 is 11.7 Å². The molecule has 28 heavy (non-hydrogen) atoms. The zero-order valence-electron chi connectivity index (χ0n) is 16.1. The van der Waals surface area contributed by atoms with Crippen LogP contribution in [-0.2, 0) is 11.3 Å². The molecule has 1 saturated carbocycles. The highest BCUT2D eigenvalue weighted by atomic mass is 16.5. The van der Waals surface area contributed by atoms with Gasteiger partial charge in [0.1, 0.15) is 12.4 Å². The van der Waals surface area contributed by atoms with Crippen LogP contribution in [0.4, 0.5) is 10.5 Å². The second kappa shape index (κ2) is 10.5. The number of urea groups is 1. The highest BCUT2D eigenvalue weighted by Crippen LogP contribution is 2.26. The van der Waals surface area contributed by atoms with Crippen LogP contribution in [0.5, 0.6) is 11.6 Å². The summed E-state index contributed by atoms with van der Waals surface area (Å²) in [6.45, 7) is 1.31. The summed E-state index contributed by atoms with van der Waals surface area (Å²) in [4.78, 5) is 16.4. The van der Waals surface area contributed by atoms with E-state index in [2.05, 4.69) is 15.6 Å². The van der Waals surface area contributed by atoms with E-state index >= 15 is 0 Å². The van der Waals surface area contributed by atoms with Crippen LogP contribution in [0.3, 0.4) is 0 Å². The molecule has 7 nitrogen and oxygen atoms in total. The Kier molecular flexibility index (Phi) is 7.49. The zero-order chi connectivity index (χ0) is 19.6. The van der Waals surface area contributed by atoms with E-state index < -0.39 is 0 Å².